The van der Waals surface area contributed by atoms with E-state index in [4.69, 9.17) is 4.74 Å². The Labute approximate surface area is 189 Å². The van der Waals surface area contributed by atoms with Gasteiger partial charge in [-0.25, -0.2) is 15.0 Å². The molecule has 2 aromatic rings. The number of guanidine groups is 1. The normalized spacial score (nSPS) is 11.7. The number of nitrogens with zero attached hydrogens (tertiary/aromatic N) is 3. The number of aryl methyl sites for hydroxylation is 2. The lowest BCUT2D eigenvalue weighted by molar-refractivity contribution is -0.154. The van der Waals surface area contributed by atoms with E-state index in [9.17, 15) is 13.2 Å². The molecular weight excluding hydrogens is 518 g/mol. The van der Waals surface area contributed by atoms with Gasteiger partial charge in [0, 0.05) is 36.1 Å². The molecule has 0 atom stereocenters. The van der Waals surface area contributed by atoms with Crippen molar-refractivity contribution in [3.63, 3.8) is 0 Å². The van der Waals surface area contributed by atoms with Crippen LogP contribution in [0.5, 0.6) is 5.88 Å². The molecule has 162 valence electrons. The summed E-state index contributed by atoms with van der Waals surface area (Å²) in [5.41, 5.74) is 1.53. The van der Waals surface area contributed by atoms with E-state index in [0.717, 1.165) is 17.1 Å². The minimum Gasteiger partial charge on any atom is -0.468 e. The fraction of sp³-hybridized carbons (Fsp3) is 0.500. The summed E-state index contributed by atoms with van der Waals surface area (Å²) >= 11 is 1.67. The molecule has 0 spiro atoms. The summed E-state index contributed by atoms with van der Waals surface area (Å²) in [6.45, 7) is 6.03. The highest BCUT2D eigenvalue weighted by molar-refractivity contribution is 14.0. The Bertz CT molecular complexity index is 779. The SMILES string of the molecule is CCNC(=NCc1cccnc1OCC(F)(F)F)NCCc1nc(C)c(C)s1.I. The van der Waals surface area contributed by atoms with Gasteiger partial charge in [-0.2, -0.15) is 13.2 Å². The molecular formula is C18H25F3IN5OS. The van der Waals surface area contributed by atoms with Gasteiger partial charge in [-0.05, 0) is 26.8 Å². The van der Waals surface area contributed by atoms with E-state index in [1.165, 1.54) is 11.1 Å². The Morgan fingerprint density at radius 2 is 2.03 bits per heavy atom. The molecule has 2 N–H and O–H groups in total. The van der Waals surface area contributed by atoms with Crippen molar-refractivity contribution in [3.05, 3.63) is 39.5 Å². The molecule has 2 heterocycles. The Kier molecular flexibility index (Phi) is 10.6. The van der Waals surface area contributed by atoms with Gasteiger partial charge in [0.15, 0.2) is 12.6 Å². The van der Waals surface area contributed by atoms with Crippen molar-refractivity contribution in [2.24, 2.45) is 4.99 Å². The van der Waals surface area contributed by atoms with Crippen LogP contribution in [0.3, 0.4) is 0 Å². The number of pyridine rings is 1. The van der Waals surface area contributed by atoms with E-state index in [-0.39, 0.29) is 36.4 Å². The van der Waals surface area contributed by atoms with Crippen molar-refractivity contribution < 1.29 is 17.9 Å². The van der Waals surface area contributed by atoms with Crippen molar-refractivity contribution >= 4 is 41.3 Å². The molecule has 29 heavy (non-hydrogen) atoms. The fourth-order valence-electron chi connectivity index (χ4n) is 2.26. The fourth-order valence-corrected chi connectivity index (χ4v) is 3.20. The third kappa shape index (κ3) is 9.15. The Morgan fingerprint density at radius 3 is 2.66 bits per heavy atom. The van der Waals surface area contributed by atoms with Gasteiger partial charge < -0.3 is 15.4 Å². The number of alkyl halides is 3. The van der Waals surface area contributed by atoms with Crippen LogP contribution in [-0.4, -0.2) is 41.8 Å². The molecule has 0 aliphatic carbocycles. The Morgan fingerprint density at radius 1 is 1.28 bits per heavy atom. The van der Waals surface area contributed by atoms with Crippen molar-refractivity contribution in [2.75, 3.05) is 19.7 Å². The van der Waals surface area contributed by atoms with Crippen molar-refractivity contribution in [1.29, 1.82) is 0 Å². The van der Waals surface area contributed by atoms with Crippen molar-refractivity contribution in [2.45, 2.75) is 39.9 Å². The summed E-state index contributed by atoms with van der Waals surface area (Å²) in [4.78, 5) is 14.0. The standard InChI is InChI=1S/C18H24F3N5OS.HI/c1-4-22-17(24-9-7-15-26-12(2)13(3)28-15)25-10-14-6-5-8-23-16(14)27-11-18(19,20)21;/h5-6,8H,4,7,9-11H2,1-3H3,(H2,22,24,25);1H. The second-order valence-corrected chi connectivity index (χ2v) is 7.28. The first kappa shape index (κ1) is 25.4. The van der Waals surface area contributed by atoms with Crippen LogP contribution < -0.4 is 15.4 Å². The minimum atomic E-state index is -4.42. The van der Waals surface area contributed by atoms with Gasteiger partial charge >= 0.3 is 6.18 Å². The Balaban J connectivity index is 0.00000420. The third-order valence-electron chi connectivity index (χ3n) is 3.68. The van der Waals surface area contributed by atoms with Crippen LogP contribution in [0.15, 0.2) is 23.3 Å². The first-order valence-electron chi connectivity index (χ1n) is 8.87. The summed E-state index contributed by atoms with van der Waals surface area (Å²) in [5.74, 6) is 0.506. The molecule has 2 rings (SSSR count). The number of aliphatic imine (C=N–C) groups is 1. The molecule has 0 bridgehead atoms. The number of halogens is 4. The Hall–Kier alpha value is -1.63. The van der Waals surface area contributed by atoms with Crippen LogP contribution in [0.4, 0.5) is 13.2 Å². The number of nitrogens with one attached hydrogen (secondary N) is 2. The highest BCUT2D eigenvalue weighted by atomic mass is 127. The number of aromatic nitrogens is 2. The van der Waals surface area contributed by atoms with Gasteiger partial charge in [0.05, 0.1) is 17.2 Å². The number of hydrogen-bond donors (Lipinski definition) is 2. The predicted octanol–water partition coefficient (Wildman–Crippen LogP) is 4.01. The lowest BCUT2D eigenvalue weighted by Crippen LogP contribution is -2.38. The predicted molar refractivity (Wildman–Crippen MR) is 119 cm³/mol. The van der Waals surface area contributed by atoms with E-state index in [2.05, 4.69) is 25.6 Å². The average Bonchev–Trinajstić information content (AvgIpc) is 2.95. The van der Waals surface area contributed by atoms with Gasteiger partial charge in [-0.1, -0.05) is 6.07 Å². The molecule has 2 aromatic heterocycles. The highest BCUT2D eigenvalue weighted by Gasteiger charge is 2.29. The summed E-state index contributed by atoms with van der Waals surface area (Å²) in [6, 6.07) is 3.28. The quantitative estimate of drug-likeness (QED) is 0.299. The maximum absolute atomic E-state index is 12.4. The second kappa shape index (κ2) is 12.2. The van der Waals surface area contributed by atoms with E-state index in [0.29, 0.717) is 24.6 Å². The largest absolute Gasteiger partial charge is 0.468 e. The summed E-state index contributed by atoms with van der Waals surface area (Å²) in [5, 5.41) is 7.37. The van der Waals surface area contributed by atoms with Gasteiger partial charge in [0.25, 0.3) is 0 Å². The molecule has 0 unspecified atom stereocenters. The molecule has 0 aliphatic heterocycles. The van der Waals surface area contributed by atoms with Crippen LogP contribution in [0.1, 0.15) is 28.1 Å². The van der Waals surface area contributed by atoms with Gasteiger partial charge in [0.2, 0.25) is 5.88 Å². The van der Waals surface area contributed by atoms with E-state index in [1.807, 2.05) is 20.8 Å². The first-order valence-corrected chi connectivity index (χ1v) is 9.68. The maximum Gasteiger partial charge on any atom is 0.422 e. The van der Waals surface area contributed by atoms with Crippen LogP contribution in [0, 0.1) is 13.8 Å². The van der Waals surface area contributed by atoms with Crippen molar-refractivity contribution in [1.82, 2.24) is 20.6 Å². The average molecular weight is 543 g/mol. The topological polar surface area (TPSA) is 71.4 Å². The van der Waals surface area contributed by atoms with Crippen LogP contribution in [-0.2, 0) is 13.0 Å². The zero-order chi connectivity index (χ0) is 20.6. The molecule has 0 aliphatic rings. The molecule has 6 nitrogen and oxygen atoms in total. The monoisotopic (exact) mass is 543 g/mol. The zero-order valence-corrected chi connectivity index (χ0v) is 19.6. The summed E-state index contributed by atoms with van der Waals surface area (Å²) in [6.07, 6.45) is -2.27. The molecule has 0 saturated carbocycles. The smallest absolute Gasteiger partial charge is 0.422 e. The molecule has 0 aromatic carbocycles. The number of thiazole rings is 1. The zero-order valence-electron chi connectivity index (χ0n) is 16.5. The van der Waals surface area contributed by atoms with E-state index < -0.39 is 12.8 Å². The number of rotatable bonds is 8. The molecule has 0 saturated heterocycles. The van der Waals surface area contributed by atoms with E-state index >= 15 is 0 Å². The third-order valence-corrected chi connectivity index (χ3v) is 4.81. The highest BCUT2D eigenvalue weighted by Crippen LogP contribution is 2.20. The summed E-state index contributed by atoms with van der Waals surface area (Å²) < 4.78 is 42.0. The molecule has 11 heteroatoms. The van der Waals surface area contributed by atoms with Gasteiger partial charge in [-0.15, -0.1) is 35.3 Å². The molecule has 0 amide bonds. The molecule has 0 radical (unpaired) electrons. The second-order valence-electron chi connectivity index (χ2n) is 5.99. The lowest BCUT2D eigenvalue weighted by atomic mass is 10.3. The lowest BCUT2D eigenvalue weighted by Gasteiger charge is -2.13. The molecule has 0 fully saturated rings. The van der Waals surface area contributed by atoms with Crippen LogP contribution in [0.2, 0.25) is 0 Å². The van der Waals surface area contributed by atoms with Crippen LogP contribution in [0.25, 0.3) is 0 Å². The van der Waals surface area contributed by atoms with Gasteiger partial charge in [-0.3, -0.25) is 0 Å². The van der Waals surface area contributed by atoms with E-state index in [1.54, 1.807) is 23.5 Å². The number of ether oxygens (including phenoxy) is 1. The first-order chi connectivity index (χ1) is 13.3. The maximum atomic E-state index is 12.4. The number of hydrogen-bond acceptors (Lipinski definition) is 5. The minimum absolute atomic E-state index is 0. The van der Waals surface area contributed by atoms with Gasteiger partial charge in [0.1, 0.15) is 0 Å². The van der Waals surface area contributed by atoms with Crippen LogP contribution >= 0.6 is 35.3 Å². The summed E-state index contributed by atoms with van der Waals surface area (Å²) in [7, 11) is 0. The van der Waals surface area contributed by atoms with Crippen molar-refractivity contribution in [3.8, 4) is 5.88 Å².